The molecule has 0 aromatic carbocycles. The smallest absolute Gasteiger partial charge is 0.317 e. The zero-order valence-corrected chi connectivity index (χ0v) is 13.4. The number of likely N-dealkylation sites (tertiary alicyclic amines) is 2. The molecule has 2 fully saturated rings. The topological polar surface area (TPSA) is 55.8 Å². The number of carbonyl (C=O) groups excluding carboxylic acids is 1. The lowest BCUT2D eigenvalue weighted by Crippen LogP contribution is -2.49. The third-order valence-corrected chi connectivity index (χ3v) is 5.02. The number of aliphatic hydroxyl groups is 1. The van der Waals surface area contributed by atoms with Gasteiger partial charge in [0.1, 0.15) is 0 Å². The Hall–Kier alpha value is -0.810. The zero-order valence-electron chi connectivity index (χ0n) is 13.4. The summed E-state index contributed by atoms with van der Waals surface area (Å²) < 4.78 is 0. The van der Waals surface area contributed by atoms with Gasteiger partial charge in [0.2, 0.25) is 0 Å². The summed E-state index contributed by atoms with van der Waals surface area (Å²) in [4.78, 5) is 16.6. The van der Waals surface area contributed by atoms with Crippen molar-refractivity contribution in [3.05, 3.63) is 0 Å². The Morgan fingerprint density at radius 1 is 1.14 bits per heavy atom. The molecule has 0 aliphatic carbocycles. The molecule has 0 radical (unpaired) electrons. The van der Waals surface area contributed by atoms with Gasteiger partial charge in [-0.05, 0) is 71.0 Å². The maximum Gasteiger partial charge on any atom is 0.317 e. The molecule has 2 heterocycles. The molecule has 0 spiro atoms. The van der Waals surface area contributed by atoms with E-state index in [1.165, 1.54) is 32.4 Å². The first kappa shape index (κ1) is 16.6. The van der Waals surface area contributed by atoms with E-state index < -0.39 is 0 Å². The highest BCUT2D eigenvalue weighted by atomic mass is 16.3. The summed E-state index contributed by atoms with van der Waals surface area (Å²) in [7, 11) is 2.18. The number of nitrogens with one attached hydrogen (secondary N) is 1. The average molecular weight is 297 g/mol. The Bertz CT molecular complexity index is 315. The molecule has 2 N–H and O–H groups in total. The van der Waals surface area contributed by atoms with Crippen LogP contribution >= 0.6 is 0 Å². The Morgan fingerprint density at radius 3 is 2.62 bits per heavy atom. The van der Waals surface area contributed by atoms with Crippen LogP contribution in [-0.2, 0) is 0 Å². The number of piperidine rings is 2. The lowest BCUT2D eigenvalue weighted by Gasteiger charge is -2.35. The van der Waals surface area contributed by atoms with Gasteiger partial charge in [-0.15, -0.1) is 0 Å². The predicted octanol–water partition coefficient (Wildman–Crippen LogP) is 1.66. The quantitative estimate of drug-likeness (QED) is 0.811. The van der Waals surface area contributed by atoms with Crippen LogP contribution in [0.5, 0.6) is 0 Å². The van der Waals surface area contributed by atoms with Crippen molar-refractivity contribution in [1.29, 1.82) is 0 Å². The van der Waals surface area contributed by atoms with Gasteiger partial charge in [0.05, 0.1) is 0 Å². The van der Waals surface area contributed by atoms with Crippen LogP contribution in [0.25, 0.3) is 0 Å². The van der Waals surface area contributed by atoms with Crippen molar-refractivity contribution in [2.24, 2.45) is 5.92 Å². The van der Waals surface area contributed by atoms with E-state index in [9.17, 15) is 4.79 Å². The SMILES string of the molecule is CN1CCC(CCNC(=O)N2CCCCC2CCO)CC1. The summed E-state index contributed by atoms with van der Waals surface area (Å²) in [6.45, 7) is 4.16. The molecule has 0 aromatic rings. The van der Waals surface area contributed by atoms with Gasteiger partial charge < -0.3 is 20.2 Å². The largest absolute Gasteiger partial charge is 0.396 e. The standard InChI is InChI=1S/C16H31N3O2/c1-18-11-6-14(7-12-18)5-9-17-16(21)19-10-3-2-4-15(19)8-13-20/h14-15,20H,2-13H2,1H3,(H,17,21). The predicted molar refractivity (Wildman–Crippen MR) is 84.3 cm³/mol. The summed E-state index contributed by atoms with van der Waals surface area (Å²) in [5.41, 5.74) is 0. The van der Waals surface area contributed by atoms with Crippen molar-refractivity contribution in [2.45, 2.75) is 51.0 Å². The van der Waals surface area contributed by atoms with Crippen LogP contribution in [-0.4, -0.2) is 66.8 Å². The fourth-order valence-electron chi connectivity index (χ4n) is 3.55. The van der Waals surface area contributed by atoms with Crippen molar-refractivity contribution in [3.63, 3.8) is 0 Å². The summed E-state index contributed by atoms with van der Waals surface area (Å²) in [5, 5.41) is 12.2. The maximum atomic E-state index is 12.3. The van der Waals surface area contributed by atoms with E-state index in [-0.39, 0.29) is 18.7 Å². The first-order valence-corrected chi connectivity index (χ1v) is 8.54. The van der Waals surface area contributed by atoms with Gasteiger partial charge in [0, 0.05) is 25.7 Å². The molecule has 5 nitrogen and oxygen atoms in total. The fraction of sp³-hybridized carbons (Fsp3) is 0.938. The van der Waals surface area contributed by atoms with Crippen LogP contribution < -0.4 is 5.32 Å². The highest BCUT2D eigenvalue weighted by Gasteiger charge is 2.26. The van der Waals surface area contributed by atoms with Crippen LogP contribution in [0.3, 0.4) is 0 Å². The minimum atomic E-state index is 0.0704. The third-order valence-electron chi connectivity index (χ3n) is 5.02. The van der Waals surface area contributed by atoms with E-state index in [0.717, 1.165) is 38.3 Å². The number of rotatable bonds is 5. The minimum absolute atomic E-state index is 0.0704. The third kappa shape index (κ3) is 5.15. The first-order valence-electron chi connectivity index (χ1n) is 8.54. The first-order chi connectivity index (χ1) is 10.2. The second-order valence-corrected chi connectivity index (χ2v) is 6.62. The van der Waals surface area contributed by atoms with E-state index >= 15 is 0 Å². The van der Waals surface area contributed by atoms with Crippen molar-refractivity contribution in [1.82, 2.24) is 15.1 Å². The van der Waals surface area contributed by atoms with Crippen LogP contribution in [0.2, 0.25) is 0 Å². The number of hydrogen-bond donors (Lipinski definition) is 2. The van der Waals surface area contributed by atoms with E-state index in [4.69, 9.17) is 5.11 Å². The van der Waals surface area contributed by atoms with Crippen molar-refractivity contribution < 1.29 is 9.90 Å². The van der Waals surface area contributed by atoms with Gasteiger partial charge in [-0.3, -0.25) is 0 Å². The molecule has 2 amide bonds. The molecule has 2 aliphatic heterocycles. The molecule has 0 aromatic heterocycles. The van der Waals surface area contributed by atoms with Crippen LogP contribution in [0.15, 0.2) is 0 Å². The summed E-state index contributed by atoms with van der Waals surface area (Å²) >= 11 is 0. The number of carbonyl (C=O) groups is 1. The van der Waals surface area contributed by atoms with Crippen LogP contribution in [0, 0.1) is 5.92 Å². The van der Waals surface area contributed by atoms with Gasteiger partial charge in [0.15, 0.2) is 0 Å². The zero-order chi connectivity index (χ0) is 15.1. The minimum Gasteiger partial charge on any atom is -0.396 e. The number of nitrogens with zero attached hydrogens (tertiary/aromatic N) is 2. The number of amides is 2. The molecule has 1 atom stereocenters. The molecule has 2 saturated heterocycles. The highest BCUT2D eigenvalue weighted by Crippen LogP contribution is 2.20. The van der Waals surface area contributed by atoms with Crippen molar-refractivity contribution in [2.75, 3.05) is 39.8 Å². The van der Waals surface area contributed by atoms with Crippen molar-refractivity contribution >= 4 is 6.03 Å². The number of urea groups is 1. The monoisotopic (exact) mass is 297 g/mol. The molecule has 0 bridgehead atoms. The van der Waals surface area contributed by atoms with Gasteiger partial charge in [-0.2, -0.15) is 0 Å². The number of aliphatic hydroxyl groups excluding tert-OH is 1. The molecule has 0 saturated carbocycles. The molecule has 1 unspecified atom stereocenters. The molecule has 122 valence electrons. The Balaban J connectivity index is 1.68. The normalized spacial score (nSPS) is 25.0. The highest BCUT2D eigenvalue weighted by molar-refractivity contribution is 5.74. The second kappa shape index (κ2) is 8.59. The maximum absolute atomic E-state index is 12.3. The molecular weight excluding hydrogens is 266 g/mol. The fourth-order valence-corrected chi connectivity index (χ4v) is 3.55. The Labute approximate surface area is 128 Å². The molecule has 2 aliphatic rings. The molecule has 2 rings (SSSR count). The average Bonchev–Trinajstić information content (AvgIpc) is 2.50. The second-order valence-electron chi connectivity index (χ2n) is 6.62. The van der Waals surface area contributed by atoms with E-state index in [1.807, 2.05) is 4.90 Å². The van der Waals surface area contributed by atoms with Gasteiger partial charge >= 0.3 is 6.03 Å². The summed E-state index contributed by atoms with van der Waals surface area (Å²) in [6.07, 6.45) is 7.60. The van der Waals surface area contributed by atoms with Crippen LogP contribution in [0.1, 0.15) is 44.9 Å². The Morgan fingerprint density at radius 2 is 1.90 bits per heavy atom. The van der Waals surface area contributed by atoms with Gasteiger partial charge in [-0.25, -0.2) is 4.79 Å². The van der Waals surface area contributed by atoms with Crippen LogP contribution in [0.4, 0.5) is 4.79 Å². The number of hydrogen-bond acceptors (Lipinski definition) is 3. The summed E-state index contributed by atoms with van der Waals surface area (Å²) in [5.74, 6) is 0.760. The molecular formula is C16H31N3O2. The van der Waals surface area contributed by atoms with E-state index in [0.29, 0.717) is 6.42 Å². The lowest BCUT2D eigenvalue weighted by atomic mass is 9.94. The molecule has 5 heteroatoms. The Kier molecular flexibility index (Phi) is 6.77. The lowest BCUT2D eigenvalue weighted by molar-refractivity contribution is 0.131. The van der Waals surface area contributed by atoms with E-state index in [1.54, 1.807) is 0 Å². The van der Waals surface area contributed by atoms with E-state index in [2.05, 4.69) is 17.3 Å². The van der Waals surface area contributed by atoms with Crippen molar-refractivity contribution in [3.8, 4) is 0 Å². The molecule has 21 heavy (non-hydrogen) atoms. The summed E-state index contributed by atoms with van der Waals surface area (Å²) in [6, 6.07) is 0.299. The van der Waals surface area contributed by atoms with Gasteiger partial charge in [-0.1, -0.05) is 0 Å². The van der Waals surface area contributed by atoms with Gasteiger partial charge in [0.25, 0.3) is 0 Å².